The molecule has 2 saturated heterocycles. The van der Waals surface area contributed by atoms with Crippen LogP contribution in [0.2, 0.25) is 0 Å². The van der Waals surface area contributed by atoms with E-state index in [2.05, 4.69) is 24.3 Å². The zero-order chi connectivity index (χ0) is 13.0. The molecule has 104 valence electrons. The van der Waals surface area contributed by atoms with Gasteiger partial charge in [-0.25, -0.2) is 0 Å². The fourth-order valence-corrected chi connectivity index (χ4v) is 3.76. The van der Waals surface area contributed by atoms with Gasteiger partial charge < -0.3 is 15.1 Å². The van der Waals surface area contributed by atoms with Crippen LogP contribution in [0, 0.1) is 0 Å². The van der Waals surface area contributed by atoms with Crippen molar-refractivity contribution in [1.82, 2.24) is 15.1 Å². The highest BCUT2D eigenvalue weighted by atomic mass is 32.2. The molecule has 2 fully saturated rings. The van der Waals surface area contributed by atoms with E-state index in [4.69, 9.17) is 0 Å². The SMILES string of the molecule is CN(C)C1CCN(C(=O)CSC2CCNCC2)C1. The highest BCUT2D eigenvalue weighted by molar-refractivity contribution is 8.00. The van der Waals surface area contributed by atoms with Crippen LogP contribution < -0.4 is 5.32 Å². The summed E-state index contributed by atoms with van der Waals surface area (Å²) >= 11 is 1.86. The summed E-state index contributed by atoms with van der Waals surface area (Å²) in [7, 11) is 4.20. The monoisotopic (exact) mass is 271 g/mol. The average Bonchev–Trinajstić information content (AvgIpc) is 2.87. The first kappa shape index (κ1) is 14.2. The second-order valence-electron chi connectivity index (χ2n) is 5.51. The third-order valence-electron chi connectivity index (χ3n) is 3.98. The van der Waals surface area contributed by atoms with Gasteiger partial charge in [0.2, 0.25) is 5.91 Å². The van der Waals surface area contributed by atoms with Crippen molar-refractivity contribution in [1.29, 1.82) is 0 Å². The van der Waals surface area contributed by atoms with Crippen LogP contribution in [0.3, 0.4) is 0 Å². The molecule has 0 bridgehead atoms. The van der Waals surface area contributed by atoms with Crippen LogP contribution in [-0.4, -0.2) is 73.0 Å². The standard InChI is InChI=1S/C13H25N3OS/c1-15(2)11-5-8-16(9-11)13(17)10-18-12-3-6-14-7-4-12/h11-12,14H,3-10H2,1-2H3. The topological polar surface area (TPSA) is 35.6 Å². The van der Waals surface area contributed by atoms with Crippen molar-refractivity contribution >= 4 is 17.7 Å². The van der Waals surface area contributed by atoms with Gasteiger partial charge in [0.25, 0.3) is 0 Å². The van der Waals surface area contributed by atoms with Crippen molar-refractivity contribution < 1.29 is 4.79 Å². The molecule has 2 aliphatic rings. The molecule has 2 rings (SSSR count). The number of carbonyl (C=O) groups excluding carboxylic acids is 1. The Morgan fingerprint density at radius 2 is 2.06 bits per heavy atom. The number of nitrogens with zero attached hydrogens (tertiary/aromatic N) is 2. The molecule has 0 spiro atoms. The summed E-state index contributed by atoms with van der Waals surface area (Å²) in [6.45, 7) is 4.07. The molecular weight excluding hydrogens is 246 g/mol. The lowest BCUT2D eigenvalue weighted by molar-refractivity contribution is -0.127. The van der Waals surface area contributed by atoms with E-state index in [1.54, 1.807) is 0 Å². The van der Waals surface area contributed by atoms with Crippen LogP contribution in [0.15, 0.2) is 0 Å². The zero-order valence-electron chi connectivity index (χ0n) is 11.5. The predicted octanol–water partition coefficient (Wildman–Crippen LogP) is 0.634. The van der Waals surface area contributed by atoms with Crippen molar-refractivity contribution in [3.63, 3.8) is 0 Å². The highest BCUT2D eigenvalue weighted by Gasteiger charge is 2.27. The van der Waals surface area contributed by atoms with Gasteiger partial charge in [-0.1, -0.05) is 0 Å². The summed E-state index contributed by atoms with van der Waals surface area (Å²) < 4.78 is 0. The molecule has 0 aromatic heterocycles. The Morgan fingerprint density at radius 1 is 1.33 bits per heavy atom. The number of likely N-dealkylation sites (N-methyl/N-ethyl adjacent to an activating group) is 1. The number of amides is 1. The minimum absolute atomic E-state index is 0.336. The Bertz CT molecular complexity index is 279. The maximum atomic E-state index is 12.1. The number of likely N-dealkylation sites (tertiary alicyclic amines) is 1. The fraction of sp³-hybridized carbons (Fsp3) is 0.923. The maximum Gasteiger partial charge on any atom is 0.232 e. The van der Waals surface area contributed by atoms with Crippen LogP contribution in [0.25, 0.3) is 0 Å². The minimum atomic E-state index is 0.336. The van der Waals surface area contributed by atoms with E-state index in [0.29, 0.717) is 23.0 Å². The second-order valence-corrected chi connectivity index (χ2v) is 6.79. The number of hydrogen-bond donors (Lipinski definition) is 1. The van der Waals surface area contributed by atoms with Crippen LogP contribution in [0.1, 0.15) is 19.3 Å². The van der Waals surface area contributed by atoms with Gasteiger partial charge >= 0.3 is 0 Å². The summed E-state index contributed by atoms with van der Waals surface area (Å²) in [5.41, 5.74) is 0. The molecule has 2 heterocycles. The molecule has 1 amide bonds. The second kappa shape index (κ2) is 6.78. The molecule has 0 saturated carbocycles. The van der Waals surface area contributed by atoms with E-state index < -0.39 is 0 Å². The third-order valence-corrected chi connectivity index (χ3v) is 5.33. The normalized spacial score (nSPS) is 25.9. The Kier molecular flexibility index (Phi) is 5.33. The van der Waals surface area contributed by atoms with Gasteiger partial charge in [-0.3, -0.25) is 4.79 Å². The fourth-order valence-electron chi connectivity index (χ4n) is 2.63. The van der Waals surface area contributed by atoms with E-state index in [0.717, 1.165) is 32.6 Å². The van der Waals surface area contributed by atoms with Gasteiger partial charge in [0, 0.05) is 24.4 Å². The summed E-state index contributed by atoms with van der Waals surface area (Å²) in [6, 6.07) is 0.554. The average molecular weight is 271 g/mol. The lowest BCUT2D eigenvalue weighted by atomic mass is 10.2. The predicted molar refractivity (Wildman–Crippen MR) is 77.0 cm³/mol. The molecule has 0 radical (unpaired) electrons. The number of rotatable bonds is 4. The zero-order valence-corrected chi connectivity index (χ0v) is 12.3. The van der Waals surface area contributed by atoms with Gasteiger partial charge in [-0.2, -0.15) is 0 Å². The summed E-state index contributed by atoms with van der Waals surface area (Å²) in [5.74, 6) is 1.01. The van der Waals surface area contributed by atoms with Crippen LogP contribution in [0.4, 0.5) is 0 Å². The molecule has 0 aliphatic carbocycles. The van der Waals surface area contributed by atoms with E-state index in [1.807, 2.05) is 16.7 Å². The highest BCUT2D eigenvalue weighted by Crippen LogP contribution is 2.21. The van der Waals surface area contributed by atoms with Crippen molar-refractivity contribution in [3.05, 3.63) is 0 Å². The largest absolute Gasteiger partial charge is 0.340 e. The summed E-state index contributed by atoms with van der Waals surface area (Å²) in [4.78, 5) is 16.4. The van der Waals surface area contributed by atoms with Gasteiger partial charge in [0.15, 0.2) is 0 Å². The first-order valence-corrected chi connectivity index (χ1v) is 7.98. The first-order chi connectivity index (χ1) is 8.66. The third kappa shape index (κ3) is 3.87. The number of thioether (sulfide) groups is 1. The molecule has 0 aromatic carbocycles. The van der Waals surface area contributed by atoms with Gasteiger partial charge in [-0.15, -0.1) is 11.8 Å². The summed E-state index contributed by atoms with van der Waals surface area (Å²) in [6.07, 6.45) is 3.54. The van der Waals surface area contributed by atoms with Crippen molar-refractivity contribution in [2.45, 2.75) is 30.6 Å². The van der Waals surface area contributed by atoms with Crippen molar-refractivity contribution in [3.8, 4) is 0 Å². The quantitative estimate of drug-likeness (QED) is 0.814. The lowest BCUT2D eigenvalue weighted by Crippen LogP contribution is -2.36. The molecule has 4 nitrogen and oxygen atoms in total. The Balaban J connectivity index is 1.68. The molecule has 1 N–H and O–H groups in total. The Morgan fingerprint density at radius 3 is 2.67 bits per heavy atom. The first-order valence-electron chi connectivity index (χ1n) is 6.93. The molecule has 1 atom stereocenters. The van der Waals surface area contributed by atoms with E-state index in [-0.39, 0.29) is 0 Å². The van der Waals surface area contributed by atoms with Crippen LogP contribution in [0.5, 0.6) is 0 Å². The number of hydrogen-bond acceptors (Lipinski definition) is 4. The molecular formula is C13H25N3OS. The van der Waals surface area contributed by atoms with Crippen molar-refractivity contribution in [2.24, 2.45) is 0 Å². The number of piperidine rings is 1. The molecule has 2 aliphatic heterocycles. The Hall–Kier alpha value is -0.260. The lowest BCUT2D eigenvalue weighted by Gasteiger charge is -2.24. The minimum Gasteiger partial charge on any atom is -0.340 e. The van der Waals surface area contributed by atoms with E-state index in [9.17, 15) is 4.79 Å². The maximum absolute atomic E-state index is 12.1. The van der Waals surface area contributed by atoms with Gasteiger partial charge in [0.05, 0.1) is 5.75 Å². The number of carbonyl (C=O) groups is 1. The molecule has 0 aromatic rings. The van der Waals surface area contributed by atoms with Crippen LogP contribution >= 0.6 is 11.8 Å². The Labute approximate surface area is 114 Å². The van der Waals surface area contributed by atoms with E-state index in [1.165, 1.54) is 12.8 Å². The number of nitrogens with one attached hydrogen (secondary N) is 1. The molecule has 5 heteroatoms. The molecule has 18 heavy (non-hydrogen) atoms. The van der Waals surface area contributed by atoms with Gasteiger partial charge in [0.1, 0.15) is 0 Å². The molecule has 1 unspecified atom stereocenters. The van der Waals surface area contributed by atoms with Crippen LogP contribution in [-0.2, 0) is 4.79 Å². The smallest absolute Gasteiger partial charge is 0.232 e. The van der Waals surface area contributed by atoms with Gasteiger partial charge in [-0.05, 0) is 46.4 Å². The van der Waals surface area contributed by atoms with Crippen molar-refractivity contribution in [2.75, 3.05) is 46.0 Å². The van der Waals surface area contributed by atoms with E-state index >= 15 is 0 Å². The summed E-state index contributed by atoms with van der Waals surface area (Å²) in [5, 5.41) is 4.04.